The molecule has 0 fully saturated rings. The molecule has 4 rings (SSSR count). The van der Waals surface area contributed by atoms with Gasteiger partial charge in [0, 0.05) is 15.9 Å². The Hall–Kier alpha value is -2.15. The van der Waals surface area contributed by atoms with Crippen LogP contribution in [0.4, 0.5) is 0 Å². The van der Waals surface area contributed by atoms with Crippen LogP contribution in [0, 0.1) is 0 Å². The van der Waals surface area contributed by atoms with Crippen LogP contribution in [0.15, 0.2) is 93.3 Å². The van der Waals surface area contributed by atoms with Crippen molar-refractivity contribution < 1.29 is 8.42 Å². The van der Waals surface area contributed by atoms with E-state index in [-0.39, 0.29) is 4.90 Å². The van der Waals surface area contributed by atoms with Gasteiger partial charge in [0.05, 0.1) is 16.6 Å². The zero-order valence-electron chi connectivity index (χ0n) is 14.7. The number of hydrogen-bond donors (Lipinski definition) is 0. The van der Waals surface area contributed by atoms with E-state index in [4.69, 9.17) is 11.6 Å². The Kier molecular flexibility index (Phi) is 5.27. The van der Waals surface area contributed by atoms with Gasteiger partial charge in [0.25, 0.3) is 10.0 Å². The first kappa shape index (κ1) is 19.2. The maximum atomic E-state index is 13.3. The predicted molar refractivity (Wildman–Crippen MR) is 115 cm³/mol. The Labute approximate surface area is 177 Å². The molecular weight excluding hydrogens is 460 g/mol. The quantitative estimate of drug-likeness (QED) is 0.490. The lowest BCUT2D eigenvalue weighted by molar-refractivity contribution is 0.371. The van der Waals surface area contributed by atoms with Crippen molar-refractivity contribution in [3.63, 3.8) is 0 Å². The van der Waals surface area contributed by atoms with Crippen LogP contribution in [0.3, 0.4) is 0 Å². The van der Waals surface area contributed by atoms with E-state index in [1.165, 1.54) is 4.41 Å². The Bertz CT molecular complexity index is 1130. The normalized spacial score (nSPS) is 16.9. The summed E-state index contributed by atoms with van der Waals surface area (Å²) in [5, 5.41) is 5.04. The lowest BCUT2D eigenvalue weighted by Crippen LogP contribution is -2.27. The van der Waals surface area contributed by atoms with Gasteiger partial charge in [0.1, 0.15) is 0 Å². The highest BCUT2D eigenvalue weighted by atomic mass is 79.9. The molecule has 0 amide bonds. The molecular formula is C21H16BrClN2O2S. The summed E-state index contributed by atoms with van der Waals surface area (Å²) in [4.78, 5) is 0.202. The summed E-state index contributed by atoms with van der Waals surface area (Å²) in [5.41, 5.74) is 2.32. The van der Waals surface area contributed by atoms with E-state index >= 15 is 0 Å². The molecule has 3 aromatic carbocycles. The fourth-order valence-electron chi connectivity index (χ4n) is 3.20. The van der Waals surface area contributed by atoms with E-state index in [1.54, 1.807) is 36.4 Å². The maximum Gasteiger partial charge on any atom is 0.279 e. The van der Waals surface area contributed by atoms with E-state index < -0.39 is 16.1 Å². The second-order valence-electron chi connectivity index (χ2n) is 6.39. The van der Waals surface area contributed by atoms with Gasteiger partial charge in [-0.25, -0.2) is 0 Å². The number of halogens is 2. The van der Waals surface area contributed by atoms with Crippen molar-refractivity contribution in [2.45, 2.75) is 17.4 Å². The van der Waals surface area contributed by atoms with Crippen molar-refractivity contribution >= 4 is 43.3 Å². The van der Waals surface area contributed by atoms with Gasteiger partial charge in [-0.05, 0) is 41.5 Å². The molecule has 1 aliphatic rings. The number of hydrogen-bond acceptors (Lipinski definition) is 3. The first-order valence-electron chi connectivity index (χ1n) is 8.64. The average molecular weight is 476 g/mol. The van der Waals surface area contributed by atoms with Crippen LogP contribution in [0.2, 0.25) is 5.02 Å². The van der Waals surface area contributed by atoms with Crippen LogP contribution in [0.25, 0.3) is 0 Å². The Morgan fingerprint density at radius 2 is 1.57 bits per heavy atom. The van der Waals surface area contributed by atoms with Crippen molar-refractivity contribution in [2.75, 3.05) is 0 Å². The van der Waals surface area contributed by atoms with Crippen LogP contribution < -0.4 is 0 Å². The van der Waals surface area contributed by atoms with Gasteiger partial charge in [-0.2, -0.15) is 17.9 Å². The number of sulfonamides is 1. The zero-order chi connectivity index (χ0) is 19.7. The summed E-state index contributed by atoms with van der Waals surface area (Å²) in [6, 6.07) is 22.8. The van der Waals surface area contributed by atoms with E-state index in [0.29, 0.717) is 17.2 Å². The standard InChI is InChI=1S/C21H16BrClN2O2S/c22-16-12-10-15(11-13-16)20-14-21(18-8-4-5-9-19(18)23)25(24-20)28(26,27)17-6-2-1-3-7-17/h1-13,21H,14H2/t21-/m1/s1. The number of rotatable bonds is 4. The van der Waals surface area contributed by atoms with Gasteiger partial charge in [0.15, 0.2) is 0 Å². The van der Waals surface area contributed by atoms with Gasteiger partial charge >= 0.3 is 0 Å². The minimum Gasteiger partial charge on any atom is -0.200 e. The van der Waals surface area contributed by atoms with Crippen LogP contribution in [0.5, 0.6) is 0 Å². The largest absolute Gasteiger partial charge is 0.279 e. The molecule has 7 heteroatoms. The minimum absolute atomic E-state index is 0.202. The third kappa shape index (κ3) is 3.60. The van der Waals surface area contributed by atoms with Gasteiger partial charge < -0.3 is 0 Å². The van der Waals surface area contributed by atoms with Gasteiger partial charge in [-0.3, -0.25) is 0 Å². The number of hydrazone groups is 1. The first-order valence-corrected chi connectivity index (χ1v) is 11.3. The van der Waals surface area contributed by atoms with E-state index in [2.05, 4.69) is 21.0 Å². The Morgan fingerprint density at radius 1 is 0.929 bits per heavy atom. The van der Waals surface area contributed by atoms with Crippen molar-refractivity contribution in [3.8, 4) is 0 Å². The third-order valence-electron chi connectivity index (χ3n) is 4.60. The minimum atomic E-state index is -3.82. The smallest absolute Gasteiger partial charge is 0.200 e. The molecule has 1 atom stereocenters. The van der Waals surface area contributed by atoms with Crippen LogP contribution in [-0.2, 0) is 10.0 Å². The van der Waals surface area contributed by atoms with Gasteiger partial charge in [-0.1, -0.05) is 76.1 Å². The average Bonchev–Trinajstić information content (AvgIpc) is 3.15. The molecule has 3 aromatic rings. The summed E-state index contributed by atoms with van der Waals surface area (Å²) in [6.07, 6.45) is 0.442. The molecule has 28 heavy (non-hydrogen) atoms. The van der Waals surface area contributed by atoms with Crippen LogP contribution in [-0.4, -0.2) is 18.5 Å². The maximum absolute atomic E-state index is 13.3. The number of benzene rings is 3. The molecule has 0 N–H and O–H groups in total. The fraction of sp³-hybridized carbons (Fsp3) is 0.0952. The molecule has 142 valence electrons. The summed E-state index contributed by atoms with van der Waals surface area (Å²) in [5.74, 6) is 0. The first-order chi connectivity index (χ1) is 13.5. The molecule has 0 radical (unpaired) electrons. The second-order valence-corrected chi connectivity index (χ2v) is 9.50. The topological polar surface area (TPSA) is 49.7 Å². The predicted octanol–water partition coefficient (Wildman–Crippen LogP) is 5.64. The summed E-state index contributed by atoms with van der Waals surface area (Å²) < 4.78 is 28.8. The van der Waals surface area contributed by atoms with Crippen molar-refractivity contribution in [1.29, 1.82) is 0 Å². The number of nitrogens with zero attached hydrogens (tertiary/aromatic N) is 2. The Balaban J connectivity index is 1.82. The highest BCUT2D eigenvalue weighted by Gasteiger charge is 2.38. The molecule has 0 aromatic heterocycles. The lowest BCUT2D eigenvalue weighted by atomic mass is 9.99. The van der Waals surface area contributed by atoms with Gasteiger partial charge in [0.2, 0.25) is 0 Å². The SMILES string of the molecule is O=S(=O)(c1ccccc1)N1N=C(c2ccc(Br)cc2)C[C@@H]1c1ccccc1Cl. The molecule has 0 aliphatic carbocycles. The zero-order valence-corrected chi connectivity index (χ0v) is 17.8. The third-order valence-corrected chi connectivity index (χ3v) is 7.17. The molecule has 0 saturated heterocycles. The summed E-state index contributed by atoms with van der Waals surface area (Å²) in [6.45, 7) is 0. The van der Waals surface area contributed by atoms with E-state index in [0.717, 1.165) is 15.6 Å². The van der Waals surface area contributed by atoms with E-state index in [9.17, 15) is 8.42 Å². The highest BCUT2D eigenvalue weighted by molar-refractivity contribution is 9.10. The van der Waals surface area contributed by atoms with Crippen LogP contribution in [0.1, 0.15) is 23.6 Å². The molecule has 0 saturated carbocycles. The van der Waals surface area contributed by atoms with Crippen molar-refractivity contribution in [1.82, 2.24) is 4.41 Å². The fourth-order valence-corrected chi connectivity index (χ4v) is 5.18. The van der Waals surface area contributed by atoms with Crippen LogP contribution >= 0.6 is 27.5 Å². The summed E-state index contributed by atoms with van der Waals surface area (Å²) >= 11 is 9.82. The van der Waals surface area contributed by atoms with E-state index in [1.807, 2.05) is 42.5 Å². The monoisotopic (exact) mass is 474 g/mol. The van der Waals surface area contributed by atoms with Gasteiger partial charge in [-0.15, -0.1) is 0 Å². The molecule has 1 heterocycles. The highest BCUT2D eigenvalue weighted by Crippen LogP contribution is 2.39. The van der Waals surface area contributed by atoms with Crippen molar-refractivity contribution in [2.24, 2.45) is 5.10 Å². The molecule has 1 aliphatic heterocycles. The Morgan fingerprint density at radius 3 is 2.25 bits per heavy atom. The van der Waals surface area contributed by atoms with Crippen molar-refractivity contribution in [3.05, 3.63) is 99.5 Å². The molecule has 4 nitrogen and oxygen atoms in total. The molecule has 0 spiro atoms. The molecule has 0 bridgehead atoms. The lowest BCUT2D eigenvalue weighted by Gasteiger charge is -2.24. The second kappa shape index (κ2) is 7.70. The molecule has 0 unspecified atom stereocenters. The summed E-state index contributed by atoms with van der Waals surface area (Å²) in [7, 11) is -3.82.